The molecule has 2 aromatic rings. The molecule has 0 aliphatic carbocycles. The van der Waals surface area contributed by atoms with Crippen LogP contribution in [0, 0.1) is 0 Å². The number of amides is 1. The van der Waals surface area contributed by atoms with Gasteiger partial charge in [-0.15, -0.1) is 11.3 Å². The molecule has 5 nitrogen and oxygen atoms in total. The lowest BCUT2D eigenvalue weighted by Crippen LogP contribution is -2.26. The number of carbonyl (C=O) groups is 1. The van der Waals surface area contributed by atoms with Crippen molar-refractivity contribution in [1.82, 2.24) is 15.2 Å². The Labute approximate surface area is 159 Å². The molecule has 1 saturated heterocycles. The van der Waals surface area contributed by atoms with Crippen LogP contribution in [0.15, 0.2) is 29.6 Å². The average molecular weight is 374 g/mol. The molecule has 0 atom stereocenters. The van der Waals surface area contributed by atoms with Gasteiger partial charge in [0.05, 0.1) is 12.1 Å². The number of ether oxygens (including phenoxy) is 1. The van der Waals surface area contributed by atoms with Crippen molar-refractivity contribution in [2.24, 2.45) is 0 Å². The first kappa shape index (κ1) is 18.9. The maximum atomic E-state index is 12.2. The molecule has 2 heterocycles. The minimum Gasteiger partial charge on any atom is -0.497 e. The van der Waals surface area contributed by atoms with Gasteiger partial charge in [-0.25, -0.2) is 4.98 Å². The summed E-state index contributed by atoms with van der Waals surface area (Å²) in [5.41, 5.74) is 1.69. The van der Waals surface area contributed by atoms with E-state index < -0.39 is 0 Å². The van der Waals surface area contributed by atoms with Crippen molar-refractivity contribution in [1.29, 1.82) is 0 Å². The fourth-order valence-electron chi connectivity index (χ4n) is 3.17. The highest BCUT2D eigenvalue weighted by atomic mass is 32.1. The predicted octanol–water partition coefficient (Wildman–Crippen LogP) is 3.35. The van der Waals surface area contributed by atoms with E-state index in [0.29, 0.717) is 5.69 Å². The summed E-state index contributed by atoms with van der Waals surface area (Å²) in [6.45, 7) is 4.35. The highest BCUT2D eigenvalue weighted by Gasteiger charge is 2.12. The summed E-state index contributed by atoms with van der Waals surface area (Å²) in [6, 6.07) is 7.94. The Balaban J connectivity index is 1.39. The van der Waals surface area contributed by atoms with E-state index in [1.807, 2.05) is 29.6 Å². The summed E-state index contributed by atoms with van der Waals surface area (Å²) in [6.07, 6.45) is 5.56. The predicted molar refractivity (Wildman–Crippen MR) is 105 cm³/mol. The van der Waals surface area contributed by atoms with Crippen LogP contribution in [0.1, 0.15) is 46.7 Å². The summed E-state index contributed by atoms with van der Waals surface area (Å²) < 4.78 is 5.17. The van der Waals surface area contributed by atoms with Crippen LogP contribution in [0.2, 0.25) is 0 Å². The van der Waals surface area contributed by atoms with E-state index in [4.69, 9.17) is 4.74 Å². The Bertz CT molecular complexity index is 693. The molecule has 0 bridgehead atoms. The lowest BCUT2D eigenvalue weighted by atomic mass is 10.1. The number of likely N-dealkylation sites (tertiary alicyclic amines) is 1. The Morgan fingerprint density at radius 3 is 2.73 bits per heavy atom. The Morgan fingerprint density at radius 2 is 2.00 bits per heavy atom. The van der Waals surface area contributed by atoms with Gasteiger partial charge in [-0.3, -0.25) is 4.79 Å². The van der Waals surface area contributed by atoms with Gasteiger partial charge in [0.15, 0.2) is 0 Å². The van der Waals surface area contributed by atoms with Crippen LogP contribution in [-0.4, -0.2) is 49.1 Å². The van der Waals surface area contributed by atoms with E-state index in [1.165, 1.54) is 37.3 Å². The van der Waals surface area contributed by atoms with Crippen LogP contribution in [0.4, 0.5) is 0 Å². The van der Waals surface area contributed by atoms with Gasteiger partial charge < -0.3 is 15.0 Å². The number of hydrogen-bond donors (Lipinski definition) is 1. The summed E-state index contributed by atoms with van der Waals surface area (Å²) in [4.78, 5) is 19.2. The number of carbonyl (C=O) groups excluding carboxylic acids is 1. The minimum absolute atomic E-state index is 0.0663. The van der Waals surface area contributed by atoms with Crippen molar-refractivity contribution in [3.8, 4) is 5.75 Å². The number of nitrogens with one attached hydrogen (secondary N) is 1. The molecule has 1 aliphatic heterocycles. The third kappa shape index (κ3) is 5.54. The quantitative estimate of drug-likeness (QED) is 0.685. The van der Waals surface area contributed by atoms with Gasteiger partial charge in [-0.05, 0) is 63.0 Å². The summed E-state index contributed by atoms with van der Waals surface area (Å²) in [7, 11) is 1.66. The molecule has 26 heavy (non-hydrogen) atoms. The van der Waals surface area contributed by atoms with Crippen LogP contribution < -0.4 is 10.1 Å². The summed E-state index contributed by atoms with van der Waals surface area (Å²) >= 11 is 1.53. The number of benzene rings is 1. The second kappa shape index (κ2) is 9.69. The minimum atomic E-state index is -0.0663. The monoisotopic (exact) mass is 373 g/mol. The number of nitrogens with zero attached hydrogens (tertiary/aromatic N) is 2. The number of methoxy groups -OCH3 is 1. The molecule has 1 N–H and O–H groups in total. The van der Waals surface area contributed by atoms with Crippen molar-refractivity contribution >= 4 is 17.2 Å². The molecule has 1 fully saturated rings. The van der Waals surface area contributed by atoms with E-state index >= 15 is 0 Å². The van der Waals surface area contributed by atoms with Gasteiger partial charge in [0.25, 0.3) is 5.91 Å². The fraction of sp³-hybridized carbons (Fsp3) is 0.500. The van der Waals surface area contributed by atoms with E-state index in [9.17, 15) is 4.79 Å². The van der Waals surface area contributed by atoms with Crippen LogP contribution in [0.3, 0.4) is 0 Å². The first-order valence-corrected chi connectivity index (χ1v) is 10.2. The Kier molecular flexibility index (Phi) is 7.03. The largest absolute Gasteiger partial charge is 0.497 e. The van der Waals surface area contributed by atoms with Crippen molar-refractivity contribution in [2.45, 2.75) is 32.1 Å². The Hall–Kier alpha value is -1.92. The van der Waals surface area contributed by atoms with Crippen molar-refractivity contribution in [3.05, 3.63) is 45.9 Å². The Morgan fingerprint density at radius 1 is 1.23 bits per heavy atom. The second-order valence-corrected chi connectivity index (χ2v) is 7.61. The number of rotatable bonds is 9. The maximum absolute atomic E-state index is 12.2. The van der Waals surface area contributed by atoms with E-state index in [1.54, 1.807) is 7.11 Å². The third-order valence-electron chi connectivity index (χ3n) is 4.68. The molecule has 1 aliphatic rings. The fourth-order valence-corrected chi connectivity index (χ4v) is 3.98. The molecule has 1 aromatic heterocycles. The first-order valence-electron chi connectivity index (χ1n) is 9.32. The summed E-state index contributed by atoms with van der Waals surface area (Å²) in [5.74, 6) is 0.779. The zero-order valence-electron chi connectivity index (χ0n) is 15.4. The smallest absolute Gasteiger partial charge is 0.270 e. The standard InChI is InChI=1S/C20H27N3O2S/c1-25-17-8-6-16(7-9-17)14-19-22-18(15-26-19)20(24)21-10-2-3-11-23-12-4-5-13-23/h6-9,15H,2-5,10-14H2,1H3,(H,21,24). The molecule has 1 amide bonds. The van der Waals surface area contributed by atoms with Crippen LogP contribution >= 0.6 is 11.3 Å². The van der Waals surface area contributed by atoms with Gasteiger partial charge in [0.1, 0.15) is 11.4 Å². The van der Waals surface area contributed by atoms with Crippen LogP contribution in [0.25, 0.3) is 0 Å². The van der Waals surface area contributed by atoms with E-state index in [2.05, 4.69) is 15.2 Å². The average Bonchev–Trinajstić information content (AvgIpc) is 3.34. The van der Waals surface area contributed by atoms with Crippen LogP contribution in [0.5, 0.6) is 5.75 Å². The zero-order valence-corrected chi connectivity index (χ0v) is 16.2. The van der Waals surface area contributed by atoms with Crippen molar-refractivity contribution in [2.75, 3.05) is 33.3 Å². The zero-order chi connectivity index (χ0) is 18.2. The topological polar surface area (TPSA) is 54.5 Å². The molecule has 140 valence electrons. The van der Waals surface area contributed by atoms with E-state index in [-0.39, 0.29) is 5.91 Å². The van der Waals surface area contributed by atoms with Gasteiger partial charge >= 0.3 is 0 Å². The SMILES string of the molecule is COc1ccc(Cc2nc(C(=O)NCCCCN3CCCC3)cs2)cc1. The van der Waals surface area contributed by atoms with Crippen LogP contribution in [-0.2, 0) is 6.42 Å². The molecular weight excluding hydrogens is 346 g/mol. The normalized spacial score (nSPS) is 14.5. The van der Waals surface area contributed by atoms with Crippen molar-refractivity contribution in [3.63, 3.8) is 0 Å². The van der Waals surface area contributed by atoms with Crippen molar-refractivity contribution < 1.29 is 9.53 Å². The van der Waals surface area contributed by atoms with Gasteiger partial charge in [0.2, 0.25) is 0 Å². The molecule has 0 spiro atoms. The maximum Gasteiger partial charge on any atom is 0.270 e. The third-order valence-corrected chi connectivity index (χ3v) is 5.53. The van der Waals surface area contributed by atoms with Gasteiger partial charge in [-0.2, -0.15) is 0 Å². The lowest BCUT2D eigenvalue weighted by Gasteiger charge is -2.13. The van der Waals surface area contributed by atoms with E-state index in [0.717, 1.165) is 48.7 Å². The second-order valence-electron chi connectivity index (χ2n) is 6.66. The lowest BCUT2D eigenvalue weighted by molar-refractivity contribution is 0.0948. The molecule has 0 radical (unpaired) electrons. The molecule has 1 aromatic carbocycles. The molecular formula is C20H27N3O2S. The molecule has 3 rings (SSSR count). The molecule has 0 saturated carbocycles. The highest BCUT2D eigenvalue weighted by molar-refractivity contribution is 7.09. The highest BCUT2D eigenvalue weighted by Crippen LogP contribution is 2.17. The number of hydrogen-bond acceptors (Lipinski definition) is 5. The number of unbranched alkanes of at least 4 members (excludes halogenated alkanes) is 1. The molecule has 6 heteroatoms. The summed E-state index contributed by atoms with van der Waals surface area (Å²) in [5, 5.41) is 5.79. The number of aromatic nitrogens is 1. The number of thiazole rings is 1. The van der Waals surface area contributed by atoms with Gasteiger partial charge in [0, 0.05) is 18.3 Å². The first-order chi connectivity index (χ1) is 12.7. The van der Waals surface area contributed by atoms with Gasteiger partial charge in [-0.1, -0.05) is 12.1 Å². The molecule has 0 unspecified atom stereocenters.